The maximum atomic E-state index is 13.7. The van der Waals surface area contributed by atoms with Crippen molar-refractivity contribution < 1.29 is 9.22 Å². The summed E-state index contributed by atoms with van der Waals surface area (Å²) >= 11 is 0. The summed E-state index contributed by atoms with van der Waals surface area (Å²) in [5.74, 6) is 0.381. The van der Waals surface area contributed by atoms with Gasteiger partial charge >= 0.3 is 0 Å². The largest absolute Gasteiger partial charge is 0.412 e. The number of nitrogens with zero attached hydrogens (tertiary/aromatic N) is 4. The fourth-order valence-electron chi connectivity index (χ4n) is 5.62. The fourth-order valence-corrected chi connectivity index (χ4v) is 7.00. The molecule has 214 valence electrons. The Bertz CT molecular complexity index is 1520. The van der Waals surface area contributed by atoms with Crippen LogP contribution in [0.3, 0.4) is 0 Å². The topological polar surface area (TPSA) is 91.1 Å². The monoisotopic (exact) mass is 567 g/mol. The first-order valence-corrected chi connectivity index (χ1v) is 17.4. The molecule has 1 saturated heterocycles. The van der Waals surface area contributed by atoms with E-state index in [0.29, 0.717) is 35.9 Å². The lowest BCUT2D eigenvalue weighted by Crippen LogP contribution is -2.44. The van der Waals surface area contributed by atoms with Crippen LogP contribution in [-0.2, 0) is 16.3 Å². The number of rotatable bonds is 6. The second-order valence-corrected chi connectivity index (χ2v) is 18.3. The van der Waals surface area contributed by atoms with Gasteiger partial charge in [-0.3, -0.25) is 4.79 Å². The van der Waals surface area contributed by atoms with Gasteiger partial charge < -0.3 is 14.6 Å². The molecule has 7 nitrogen and oxygen atoms in total. The number of hydrogen-bond acceptors (Lipinski definition) is 6. The van der Waals surface area contributed by atoms with E-state index in [1.54, 1.807) is 6.20 Å². The van der Waals surface area contributed by atoms with Crippen LogP contribution in [0.4, 0.5) is 11.6 Å². The highest BCUT2D eigenvalue weighted by atomic mass is 28.4. The Morgan fingerprint density at radius 3 is 2.68 bits per heavy atom. The molecular formula is C33H41N5O2Si. The standard InChI is InChI=1S/C33H41N5O2Si/c1-32(2,3)41(6,7)40-24-14-17-38(21-24)30(39)26-10-8-9-11-29(26)37-31-35-16-13-28(36-31)22-18-23(20-34)25-12-15-33(4,5)27(25)19-22/h8-11,13,16,18-19,24H,12,14-15,17,21H2,1-7H3,(H,35,36,37). The van der Waals surface area contributed by atoms with Crippen molar-refractivity contribution >= 4 is 25.9 Å². The number of carbonyl (C=O) groups excluding carboxylic acids is 1. The molecule has 2 aromatic carbocycles. The van der Waals surface area contributed by atoms with Crippen LogP contribution in [0.15, 0.2) is 48.7 Å². The molecule has 1 unspecified atom stereocenters. The molecule has 0 bridgehead atoms. The molecule has 3 aromatic rings. The highest BCUT2D eigenvalue weighted by Crippen LogP contribution is 2.42. The van der Waals surface area contributed by atoms with Gasteiger partial charge in [0.2, 0.25) is 5.95 Å². The number of amides is 1. The van der Waals surface area contributed by atoms with Gasteiger partial charge in [-0.1, -0.05) is 46.8 Å². The van der Waals surface area contributed by atoms with Crippen LogP contribution in [0.5, 0.6) is 0 Å². The van der Waals surface area contributed by atoms with Crippen molar-refractivity contribution in [1.29, 1.82) is 5.26 Å². The second-order valence-electron chi connectivity index (χ2n) is 13.5. The minimum Gasteiger partial charge on any atom is -0.412 e. The van der Waals surface area contributed by atoms with Gasteiger partial charge in [0.15, 0.2) is 8.32 Å². The number of hydrogen-bond donors (Lipinski definition) is 1. The molecule has 1 aliphatic heterocycles. The first-order valence-electron chi connectivity index (χ1n) is 14.5. The first kappa shape index (κ1) is 29.0. The number of nitrogens with one attached hydrogen (secondary N) is 1. The third-order valence-electron chi connectivity index (χ3n) is 9.15. The Labute approximate surface area is 245 Å². The van der Waals surface area contributed by atoms with Crippen molar-refractivity contribution in [2.45, 2.75) is 83.5 Å². The maximum Gasteiger partial charge on any atom is 0.256 e. The van der Waals surface area contributed by atoms with Gasteiger partial charge in [0.25, 0.3) is 5.91 Å². The van der Waals surface area contributed by atoms with Crippen molar-refractivity contribution in [3.05, 3.63) is 70.9 Å². The summed E-state index contributed by atoms with van der Waals surface area (Å²) in [7, 11) is -1.91. The molecule has 8 heteroatoms. The number of fused-ring (bicyclic) bond motifs is 1. The minimum atomic E-state index is -1.91. The summed E-state index contributed by atoms with van der Waals surface area (Å²) in [6.07, 6.45) is 4.58. The van der Waals surface area contributed by atoms with Crippen LogP contribution in [0.1, 0.15) is 74.5 Å². The van der Waals surface area contributed by atoms with E-state index in [1.165, 1.54) is 5.56 Å². The van der Waals surface area contributed by atoms with Crippen LogP contribution in [0.2, 0.25) is 18.1 Å². The summed E-state index contributed by atoms with van der Waals surface area (Å²) < 4.78 is 6.61. The molecule has 1 aliphatic carbocycles. The Morgan fingerprint density at radius 1 is 1.20 bits per heavy atom. The van der Waals surface area contributed by atoms with Crippen molar-refractivity contribution in [3.63, 3.8) is 0 Å². The molecule has 0 radical (unpaired) electrons. The van der Waals surface area contributed by atoms with Gasteiger partial charge in [0.1, 0.15) is 0 Å². The van der Waals surface area contributed by atoms with Gasteiger partial charge in [0, 0.05) is 24.8 Å². The smallest absolute Gasteiger partial charge is 0.256 e. The number of aromatic nitrogens is 2. The van der Waals surface area contributed by atoms with Crippen LogP contribution in [0.25, 0.3) is 11.3 Å². The van der Waals surface area contributed by atoms with E-state index in [0.717, 1.165) is 36.1 Å². The molecular weight excluding hydrogens is 526 g/mol. The quantitative estimate of drug-likeness (QED) is 0.316. The summed E-state index contributed by atoms with van der Waals surface area (Å²) in [6, 6.07) is 15.9. The number of para-hydroxylation sites is 1. The zero-order valence-electron chi connectivity index (χ0n) is 25.3. The molecule has 2 heterocycles. The third-order valence-corrected chi connectivity index (χ3v) is 13.7. The van der Waals surface area contributed by atoms with E-state index in [2.05, 4.69) is 70.1 Å². The van der Waals surface area contributed by atoms with Crippen LogP contribution in [-0.4, -0.2) is 48.3 Å². The van der Waals surface area contributed by atoms with Crippen molar-refractivity contribution in [3.8, 4) is 17.3 Å². The molecule has 1 fully saturated rings. The predicted molar refractivity (Wildman–Crippen MR) is 166 cm³/mol. The SMILES string of the molecule is CC1(C)CCc2c(C#N)cc(-c3ccnc(Nc4ccccc4C(=O)N4CCC(O[Si](C)(C)C(C)(C)C)C4)n3)cc21. The minimum absolute atomic E-state index is 0.0225. The number of nitriles is 1. The molecule has 5 rings (SSSR count). The average molecular weight is 568 g/mol. The van der Waals surface area contributed by atoms with E-state index in [4.69, 9.17) is 9.41 Å². The van der Waals surface area contributed by atoms with Gasteiger partial charge in [-0.25, -0.2) is 9.97 Å². The van der Waals surface area contributed by atoms with Crippen LogP contribution < -0.4 is 5.32 Å². The van der Waals surface area contributed by atoms with Gasteiger partial charge in [-0.05, 0) is 84.3 Å². The van der Waals surface area contributed by atoms with Gasteiger partial charge in [0.05, 0.1) is 34.7 Å². The molecule has 1 atom stereocenters. The van der Waals surface area contributed by atoms with E-state index < -0.39 is 8.32 Å². The lowest BCUT2D eigenvalue weighted by atomic mass is 9.84. The van der Waals surface area contributed by atoms with Crippen LogP contribution in [0, 0.1) is 11.3 Å². The molecule has 0 saturated carbocycles. The zero-order valence-corrected chi connectivity index (χ0v) is 26.3. The Morgan fingerprint density at radius 2 is 1.95 bits per heavy atom. The highest BCUT2D eigenvalue weighted by Gasteiger charge is 2.41. The van der Waals surface area contributed by atoms with Gasteiger partial charge in [-0.2, -0.15) is 5.26 Å². The predicted octanol–water partition coefficient (Wildman–Crippen LogP) is 7.22. The Balaban J connectivity index is 1.36. The molecule has 1 N–H and O–H groups in total. The van der Waals surface area contributed by atoms with E-state index in [-0.39, 0.29) is 22.5 Å². The van der Waals surface area contributed by atoms with Crippen LogP contribution >= 0.6 is 0 Å². The maximum absolute atomic E-state index is 13.7. The summed E-state index contributed by atoms with van der Waals surface area (Å²) in [5, 5.41) is 13.3. The van der Waals surface area contributed by atoms with Crippen molar-refractivity contribution in [1.82, 2.24) is 14.9 Å². The Hall–Kier alpha value is -3.54. The molecule has 0 spiro atoms. The van der Waals surface area contributed by atoms with Crippen molar-refractivity contribution in [2.75, 3.05) is 18.4 Å². The number of carbonyl (C=O) groups is 1. The van der Waals surface area contributed by atoms with E-state index >= 15 is 0 Å². The summed E-state index contributed by atoms with van der Waals surface area (Å²) in [4.78, 5) is 24.8. The number of benzene rings is 2. The molecule has 1 amide bonds. The zero-order chi connectivity index (χ0) is 29.6. The normalized spacial score (nSPS) is 18.2. The molecule has 2 aliphatic rings. The summed E-state index contributed by atoms with van der Waals surface area (Å²) in [6.45, 7) is 17.0. The molecule has 41 heavy (non-hydrogen) atoms. The highest BCUT2D eigenvalue weighted by molar-refractivity contribution is 6.74. The third kappa shape index (κ3) is 5.79. The lowest BCUT2D eigenvalue weighted by Gasteiger charge is -2.38. The average Bonchev–Trinajstić information content (AvgIpc) is 3.51. The lowest BCUT2D eigenvalue weighted by molar-refractivity contribution is 0.0769. The number of anilines is 2. The first-order chi connectivity index (χ1) is 19.3. The Kier molecular flexibility index (Phi) is 7.56. The summed E-state index contributed by atoms with van der Waals surface area (Å²) in [5.41, 5.74) is 5.99. The van der Waals surface area contributed by atoms with Gasteiger partial charge in [-0.15, -0.1) is 0 Å². The van der Waals surface area contributed by atoms with E-state index in [9.17, 15) is 10.1 Å². The van der Waals surface area contributed by atoms with Crippen molar-refractivity contribution in [2.24, 2.45) is 0 Å². The number of likely N-dealkylation sites (tertiary alicyclic amines) is 1. The fraction of sp³-hybridized carbons (Fsp3) is 0.455. The molecule has 1 aromatic heterocycles. The second kappa shape index (κ2) is 10.7. The van der Waals surface area contributed by atoms with E-state index in [1.807, 2.05) is 41.3 Å².